The lowest BCUT2D eigenvalue weighted by Gasteiger charge is -2.04. The minimum Gasteiger partial charge on any atom is -0.326 e. The number of hydrogen-bond donors (Lipinski definition) is 1. The molecule has 1 amide bonds. The molecule has 84 valence electrons. The van der Waals surface area contributed by atoms with E-state index in [4.69, 9.17) is 0 Å². The Morgan fingerprint density at radius 3 is 2.06 bits per heavy atom. The minimum atomic E-state index is -0.344. The molecule has 0 unspecified atom stereocenters. The second-order valence-electron chi connectivity index (χ2n) is 3.56. The molecule has 0 heterocycles. The summed E-state index contributed by atoms with van der Waals surface area (Å²) < 4.78 is 0. The van der Waals surface area contributed by atoms with Crippen LogP contribution in [0, 0.1) is 0 Å². The molecule has 1 aromatic rings. The second kappa shape index (κ2) is 5.21. The smallest absolute Gasteiger partial charge is 0.231 e. The Labute approximate surface area is 93.7 Å². The first-order chi connectivity index (χ1) is 7.49. The van der Waals surface area contributed by atoms with E-state index in [9.17, 15) is 14.4 Å². The molecule has 0 atom stereocenters. The number of benzene rings is 1. The van der Waals surface area contributed by atoms with Crippen LogP contribution in [-0.4, -0.2) is 17.5 Å². The van der Waals surface area contributed by atoms with Crippen LogP contribution in [0.4, 0.5) is 5.69 Å². The van der Waals surface area contributed by atoms with Crippen molar-refractivity contribution in [3.63, 3.8) is 0 Å². The molecular weight excluding hydrogens is 206 g/mol. The largest absolute Gasteiger partial charge is 0.326 e. The molecule has 1 rings (SSSR count). The molecule has 0 saturated heterocycles. The zero-order valence-electron chi connectivity index (χ0n) is 9.24. The maximum absolute atomic E-state index is 11.2. The number of anilines is 1. The van der Waals surface area contributed by atoms with Gasteiger partial charge in [-0.05, 0) is 38.1 Å². The van der Waals surface area contributed by atoms with Gasteiger partial charge in [-0.25, -0.2) is 0 Å². The minimum absolute atomic E-state index is 0.0263. The van der Waals surface area contributed by atoms with Gasteiger partial charge in [0.1, 0.15) is 5.78 Å². The fourth-order valence-electron chi connectivity index (χ4n) is 1.22. The molecule has 0 bridgehead atoms. The summed E-state index contributed by atoms with van der Waals surface area (Å²) in [6.07, 6.45) is -0.130. The Morgan fingerprint density at radius 1 is 1.06 bits per heavy atom. The maximum atomic E-state index is 11.2. The van der Waals surface area contributed by atoms with Crippen LogP contribution in [0.1, 0.15) is 30.6 Å². The number of amides is 1. The van der Waals surface area contributed by atoms with Gasteiger partial charge >= 0.3 is 0 Å². The van der Waals surface area contributed by atoms with Crippen LogP contribution in [0.2, 0.25) is 0 Å². The molecule has 0 saturated carbocycles. The fourth-order valence-corrected chi connectivity index (χ4v) is 1.22. The average molecular weight is 219 g/mol. The molecule has 16 heavy (non-hydrogen) atoms. The number of nitrogens with one attached hydrogen (secondary N) is 1. The summed E-state index contributed by atoms with van der Waals surface area (Å²) >= 11 is 0. The van der Waals surface area contributed by atoms with Crippen LogP contribution in [0.25, 0.3) is 0 Å². The Balaban J connectivity index is 2.65. The van der Waals surface area contributed by atoms with Crippen LogP contribution in [0.3, 0.4) is 0 Å². The van der Waals surface area contributed by atoms with Crippen molar-refractivity contribution in [3.05, 3.63) is 29.8 Å². The van der Waals surface area contributed by atoms with Gasteiger partial charge in [0, 0.05) is 11.3 Å². The zero-order valence-corrected chi connectivity index (χ0v) is 9.24. The quantitative estimate of drug-likeness (QED) is 0.620. The van der Waals surface area contributed by atoms with Crippen molar-refractivity contribution in [2.75, 3.05) is 5.32 Å². The van der Waals surface area contributed by atoms with Crippen LogP contribution in [0.15, 0.2) is 24.3 Å². The molecule has 0 aliphatic heterocycles. The van der Waals surface area contributed by atoms with Crippen molar-refractivity contribution in [2.24, 2.45) is 0 Å². The number of ketones is 2. The topological polar surface area (TPSA) is 63.2 Å². The molecule has 0 radical (unpaired) electrons. The van der Waals surface area contributed by atoms with E-state index in [0.29, 0.717) is 11.3 Å². The molecule has 1 aromatic carbocycles. The zero-order chi connectivity index (χ0) is 12.1. The van der Waals surface area contributed by atoms with Crippen molar-refractivity contribution < 1.29 is 14.4 Å². The van der Waals surface area contributed by atoms with Crippen LogP contribution < -0.4 is 5.32 Å². The number of rotatable bonds is 4. The third kappa shape index (κ3) is 3.65. The summed E-state index contributed by atoms with van der Waals surface area (Å²) in [5.74, 6) is -0.553. The van der Waals surface area contributed by atoms with E-state index in [1.54, 1.807) is 24.3 Å². The van der Waals surface area contributed by atoms with Crippen molar-refractivity contribution in [2.45, 2.75) is 20.3 Å². The van der Waals surface area contributed by atoms with E-state index in [0.717, 1.165) is 0 Å². The van der Waals surface area contributed by atoms with Crippen molar-refractivity contribution in [3.8, 4) is 0 Å². The highest BCUT2D eigenvalue weighted by Crippen LogP contribution is 2.10. The predicted octanol–water partition coefficient (Wildman–Crippen LogP) is 1.81. The van der Waals surface area contributed by atoms with E-state index < -0.39 is 0 Å². The molecule has 4 heteroatoms. The normalized spacial score (nSPS) is 9.62. The van der Waals surface area contributed by atoms with Gasteiger partial charge in [0.05, 0.1) is 6.42 Å². The maximum Gasteiger partial charge on any atom is 0.231 e. The highest BCUT2D eigenvalue weighted by atomic mass is 16.2. The fraction of sp³-hybridized carbons (Fsp3) is 0.250. The van der Waals surface area contributed by atoms with Crippen molar-refractivity contribution in [1.29, 1.82) is 0 Å². The first-order valence-electron chi connectivity index (χ1n) is 4.89. The Kier molecular flexibility index (Phi) is 3.94. The number of carbonyl (C=O) groups is 3. The standard InChI is InChI=1S/C12H13NO3/c1-8(14)7-12(16)13-11-5-3-10(4-6-11)9(2)15/h3-6H,7H2,1-2H3,(H,13,16). The van der Waals surface area contributed by atoms with E-state index in [-0.39, 0.29) is 23.9 Å². The third-order valence-electron chi connectivity index (χ3n) is 1.98. The lowest BCUT2D eigenvalue weighted by molar-refractivity contribution is -0.124. The lowest BCUT2D eigenvalue weighted by Crippen LogP contribution is -2.14. The first kappa shape index (κ1) is 12.1. The summed E-state index contributed by atoms with van der Waals surface area (Å²) in [4.78, 5) is 32.9. The van der Waals surface area contributed by atoms with Gasteiger partial charge in [-0.1, -0.05) is 0 Å². The summed E-state index contributed by atoms with van der Waals surface area (Å²) in [6, 6.07) is 6.53. The number of carbonyl (C=O) groups excluding carboxylic acids is 3. The van der Waals surface area contributed by atoms with Crippen LogP contribution in [0.5, 0.6) is 0 Å². The Bertz CT molecular complexity index is 420. The molecule has 1 N–H and O–H groups in total. The van der Waals surface area contributed by atoms with Crippen LogP contribution >= 0.6 is 0 Å². The SMILES string of the molecule is CC(=O)CC(=O)Nc1ccc(C(C)=O)cc1. The van der Waals surface area contributed by atoms with Gasteiger partial charge in [-0.3, -0.25) is 14.4 Å². The van der Waals surface area contributed by atoms with E-state index in [1.165, 1.54) is 13.8 Å². The van der Waals surface area contributed by atoms with E-state index >= 15 is 0 Å². The highest BCUT2D eigenvalue weighted by Gasteiger charge is 2.05. The van der Waals surface area contributed by atoms with E-state index in [2.05, 4.69) is 5.32 Å². The molecule has 0 aromatic heterocycles. The molecule has 0 spiro atoms. The van der Waals surface area contributed by atoms with Crippen molar-refractivity contribution in [1.82, 2.24) is 0 Å². The first-order valence-corrected chi connectivity index (χ1v) is 4.89. The van der Waals surface area contributed by atoms with Gasteiger partial charge < -0.3 is 5.32 Å². The molecule has 0 aliphatic rings. The van der Waals surface area contributed by atoms with Gasteiger partial charge in [0.2, 0.25) is 5.91 Å². The Hall–Kier alpha value is -1.97. The summed E-state index contributed by atoms with van der Waals surface area (Å²) in [6.45, 7) is 2.84. The third-order valence-corrected chi connectivity index (χ3v) is 1.98. The predicted molar refractivity (Wildman–Crippen MR) is 60.4 cm³/mol. The summed E-state index contributed by atoms with van der Waals surface area (Å²) in [5.41, 5.74) is 1.17. The van der Waals surface area contributed by atoms with Crippen molar-refractivity contribution >= 4 is 23.2 Å². The molecule has 4 nitrogen and oxygen atoms in total. The van der Waals surface area contributed by atoms with Gasteiger partial charge in [0.25, 0.3) is 0 Å². The molecule has 0 aliphatic carbocycles. The molecule has 0 fully saturated rings. The summed E-state index contributed by atoms with van der Waals surface area (Å²) in [7, 11) is 0. The molecular formula is C12H13NO3. The Morgan fingerprint density at radius 2 is 1.62 bits per heavy atom. The second-order valence-corrected chi connectivity index (χ2v) is 3.56. The van der Waals surface area contributed by atoms with Gasteiger partial charge in [-0.2, -0.15) is 0 Å². The average Bonchev–Trinajstić information content (AvgIpc) is 2.16. The monoisotopic (exact) mass is 219 g/mol. The van der Waals surface area contributed by atoms with Gasteiger partial charge in [-0.15, -0.1) is 0 Å². The highest BCUT2D eigenvalue weighted by molar-refractivity contribution is 6.03. The lowest BCUT2D eigenvalue weighted by atomic mass is 10.1. The number of Topliss-reactive ketones (excluding diaryl/α,β-unsaturated/α-hetero) is 2. The van der Waals surface area contributed by atoms with Crippen LogP contribution in [-0.2, 0) is 9.59 Å². The van der Waals surface area contributed by atoms with Gasteiger partial charge in [0.15, 0.2) is 5.78 Å². The van der Waals surface area contributed by atoms with E-state index in [1.807, 2.05) is 0 Å². The summed E-state index contributed by atoms with van der Waals surface area (Å²) in [5, 5.41) is 2.57. The number of hydrogen-bond acceptors (Lipinski definition) is 3.